The van der Waals surface area contributed by atoms with Crippen LogP contribution in [0.25, 0.3) is 0 Å². The second-order valence-electron chi connectivity index (χ2n) is 8.09. The van der Waals surface area contributed by atoms with Gasteiger partial charge in [-0.25, -0.2) is 4.98 Å². The summed E-state index contributed by atoms with van der Waals surface area (Å²) < 4.78 is 6.08. The number of carbonyl (C=O) groups excluding carboxylic acids is 1. The van der Waals surface area contributed by atoms with Crippen LogP contribution >= 0.6 is 0 Å². The Kier molecular flexibility index (Phi) is 6.53. The third kappa shape index (κ3) is 5.05. The van der Waals surface area contributed by atoms with Gasteiger partial charge < -0.3 is 30.9 Å². The molecule has 31 heavy (non-hydrogen) atoms. The van der Waals surface area contributed by atoms with Crippen LogP contribution in [0.1, 0.15) is 29.5 Å². The Morgan fingerprint density at radius 1 is 1.23 bits per heavy atom. The highest BCUT2D eigenvalue weighted by Crippen LogP contribution is 2.26. The number of nitrogens with one attached hydrogen (secondary N) is 2. The molecule has 2 saturated heterocycles. The van der Waals surface area contributed by atoms with Crippen LogP contribution in [0.3, 0.4) is 0 Å². The molecule has 4 N–H and O–H groups in total. The number of nitrogens with zero attached hydrogens (tertiary/aromatic N) is 4. The molecule has 2 fully saturated rings. The van der Waals surface area contributed by atoms with Gasteiger partial charge in [0.2, 0.25) is 5.88 Å². The minimum Gasteiger partial charge on any atom is -0.472 e. The van der Waals surface area contributed by atoms with E-state index < -0.39 is 5.91 Å². The van der Waals surface area contributed by atoms with Crippen molar-refractivity contribution in [2.24, 2.45) is 5.73 Å². The van der Waals surface area contributed by atoms with Crippen molar-refractivity contribution >= 4 is 23.1 Å². The monoisotopic (exact) mass is 425 g/mol. The molecular formula is C22H31N7O2. The standard InChI is InChI=1S/C22H31N7O2/c1-3-18-22(31-17-8-9-24-14-17)27-21(19(26-18)20(23)30)25-15-4-6-16(7-5-15)29-12-10-28(2)11-13-29/h4-7,17,24H,3,8-14H2,1-2H3,(H2,23,30)(H,25,27). The van der Waals surface area contributed by atoms with Gasteiger partial charge in [0, 0.05) is 44.1 Å². The third-order valence-corrected chi connectivity index (χ3v) is 5.79. The molecule has 1 aromatic heterocycles. The fraction of sp³-hybridized carbons (Fsp3) is 0.500. The van der Waals surface area contributed by atoms with Gasteiger partial charge in [-0.1, -0.05) is 6.92 Å². The Labute approximate surface area is 183 Å². The maximum absolute atomic E-state index is 12.0. The molecule has 0 bridgehead atoms. The van der Waals surface area contributed by atoms with Crippen molar-refractivity contribution < 1.29 is 9.53 Å². The van der Waals surface area contributed by atoms with E-state index in [4.69, 9.17) is 10.5 Å². The van der Waals surface area contributed by atoms with Crippen LogP contribution in [-0.2, 0) is 6.42 Å². The summed E-state index contributed by atoms with van der Waals surface area (Å²) in [5, 5.41) is 6.49. The van der Waals surface area contributed by atoms with Crippen molar-refractivity contribution in [2.45, 2.75) is 25.9 Å². The first kappa shape index (κ1) is 21.3. The minimum atomic E-state index is -0.618. The number of rotatable bonds is 7. The first-order chi connectivity index (χ1) is 15.0. The zero-order valence-electron chi connectivity index (χ0n) is 18.2. The van der Waals surface area contributed by atoms with Crippen molar-refractivity contribution in [3.8, 4) is 5.88 Å². The fourth-order valence-electron chi connectivity index (χ4n) is 3.88. The van der Waals surface area contributed by atoms with Crippen LogP contribution in [0, 0.1) is 0 Å². The van der Waals surface area contributed by atoms with E-state index in [2.05, 4.69) is 49.6 Å². The maximum Gasteiger partial charge on any atom is 0.271 e. The number of hydrogen-bond acceptors (Lipinski definition) is 8. The molecule has 3 heterocycles. The molecule has 4 rings (SSSR count). The number of aryl methyl sites for hydroxylation is 1. The van der Waals surface area contributed by atoms with Gasteiger partial charge in [-0.05, 0) is 50.7 Å². The van der Waals surface area contributed by atoms with Gasteiger partial charge in [-0.15, -0.1) is 0 Å². The largest absolute Gasteiger partial charge is 0.472 e. The molecule has 1 atom stereocenters. The van der Waals surface area contributed by atoms with E-state index in [9.17, 15) is 4.79 Å². The molecule has 2 aliphatic rings. The van der Waals surface area contributed by atoms with Crippen molar-refractivity contribution in [1.82, 2.24) is 20.2 Å². The maximum atomic E-state index is 12.0. The van der Waals surface area contributed by atoms with Crippen molar-refractivity contribution in [2.75, 3.05) is 56.5 Å². The average Bonchev–Trinajstić information content (AvgIpc) is 3.28. The topological polar surface area (TPSA) is 109 Å². The zero-order chi connectivity index (χ0) is 21.8. The molecule has 9 heteroatoms. The normalized spacial score (nSPS) is 19.4. The molecule has 0 saturated carbocycles. The van der Waals surface area contributed by atoms with Gasteiger partial charge in [-0.2, -0.15) is 4.98 Å². The molecule has 9 nitrogen and oxygen atoms in total. The van der Waals surface area contributed by atoms with E-state index >= 15 is 0 Å². The lowest BCUT2D eigenvalue weighted by Gasteiger charge is -2.34. The molecule has 1 aromatic carbocycles. The second-order valence-corrected chi connectivity index (χ2v) is 8.09. The predicted molar refractivity (Wildman–Crippen MR) is 121 cm³/mol. The lowest BCUT2D eigenvalue weighted by atomic mass is 10.2. The number of carbonyl (C=O) groups is 1. The van der Waals surface area contributed by atoms with Gasteiger partial charge >= 0.3 is 0 Å². The lowest BCUT2D eigenvalue weighted by Crippen LogP contribution is -2.44. The molecule has 0 radical (unpaired) electrons. The number of amides is 1. The van der Waals surface area contributed by atoms with Crippen LogP contribution in [-0.4, -0.2) is 73.2 Å². The number of benzene rings is 1. The number of hydrogen-bond donors (Lipinski definition) is 3. The van der Waals surface area contributed by atoms with Gasteiger partial charge in [0.05, 0.1) is 0 Å². The van der Waals surface area contributed by atoms with E-state index in [0.29, 0.717) is 23.8 Å². The summed E-state index contributed by atoms with van der Waals surface area (Å²) in [6, 6.07) is 8.12. The Morgan fingerprint density at radius 3 is 2.58 bits per heavy atom. The summed E-state index contributed by atoms with van der Waals surface area (Å²) in [6.07, 6.45) is 1.57. The fourth-order valence-corrected chi connectivity index (χ4v) is 3.88. The quantitative estimate of drug-likeness (QED) is 0.610. The highest BCUT2D eigenvalue weighted by Gasteiger charge is 2.22. The van der Waals surface area contributed by atoms with Crippen LogP contribution in [0.4, 0.5) is 17.2 Å². The van der Waals surface area contributed by atoms with Crippen LogP contribution in [0.5, 0.6) is 5.88 Å². The SMILES string of the molecule is CCc1nc(C(N)=O)c(Nc2ccc(N3CCN(C)CC3)cc2)nc1OC1CCNC1. The van der Waals surface area contributed by atoms with Gasteiger partial charge in [-0.3, -0.25) is 4.79 Å². The Hall–Kier alpha value is -2.91. The number of piperazine rings is 1. The summed E-state index contributed by atoms with van der Waals surface area (Å²) in [6.45, 7) is 7.79. The number of ether oxygens (including phenoxy) is 1. The number of likely N-dealkylation sites (N-methyl/N-ethyl adjacent to an activating group) is 1. The van der Waals surface area contributed by atoms with E-state index in [0.717, 1.165) is 51.4 Å². The zero-order valence-corrected chi connectivity index (χ0v) is 18.2. The molecule has 0 aliphatic carbocycles. The van der Waals surface area contributed by atoms with E-state index in [1.54, 1.807) is 0 Å². The second kappa shape index (κ2) is 9.49. The van der Waals surface area contributed by atoms with E-state index in [-0.39, 0.29) is 11.8 Å². The Morgan fingerprint density at radius 2 is 1.97 bits per heavy atom. The Balaban J connectivity index is 1.55. The highest BCUT2D eigenvalue weighted by atomic mass is 16.5. The van der Waals surface area contributed by atoms with Crippen LogP contribution in [0.2, 0.25) is 0 Å². The van der Waals surface area contributed by atoms with Gasteiger partial charge in [0.25, 0.3) is 5.91 Å². The highest BCUT2D eigenvalue weighted by molar-refractivity contribution is 5.96. The summed E-state index contributed by atoms with van der Waals surface area (Å²) in [7, 11) is 2.15. The average molecular weight is 426 g/mol. The summed E-state index contributed by atoms with van der Waals surface area (Å²) in [5.74, 6) is 0.156. The smallest absolute Gasteiger partial charge is 0.271 e. The first-order valence-electron chi connectivity index (χ1n) is 10.9. The van der Waals surface area contributed by atoms with Crippen molar-refractivity contribution in [3.63, 3.8) is 0 Å². The third-order valence-electron chi connectivity index (χ3n) is 5.79. The first-order valence-corrected chi connectivity index (χ1v) is 10.9. The molecule has 0 spiro atoms. The van der Waals surface area contributed by atoms with Gasteiger partial charge in [0.15, 0.2) is 11.5 Å². The van der Waals surface area contributed by atoms with Crippen molar-refractivity contribution in [3.05, 3.63) is 35.7 Å². The number of anilines is 3. The number of aromatic nitrogens is 2. The van der Waals surface area contributed by atoms with E-state index in [1.165, 1.54) is 5.69 Å². The molecule has 1 amide bonds. The predicted octanol–water partition coefficient (Wildman–Crippen LogP) is 1.37. The summed E-state index contributed by atoms with van der Waals surface area (Å²) in [4.78, 5) is 25.8. The van der Waals surface area contributed by atoms with E-state index in [1.807, 2.05) is 19.1 Å². The summed E-state index contributed by atoms with van der Waals surface area (Å²) >= 11 is 0. The Bertz CT molecular complexity index is 905. The molecular weight excluding hydrogens is 394 g/mol. The minimum absolute atomic E-state index is 0.0507. The number of primary amides is 1. The lowest BCUT2D eigenvalue weighted by molar-refractivity contribution is 0.0995. The summed E-state index contributed by atoms with van der Waals surface area (Å²) in [5.41, 5.74) is 8.35. The molecule has 2 aromatic rings. The number of nitrogens with two attached hydrogens (primary N) is 1. The van der Waals surface area contributed by atoms with Crippen molar-refractivity contribution in [1.29, 1.82) is 0 Å². The van der Waals surface area contributed by atoms with Crippen LogP contribution in [0.15, 0.2) is 24.3 Å². The van der Waals surface area contributed by atoms with Crippen LogP contribution < -0.4 is 26.0 Å². The van der Waals surface area contributed by atoms with Gasteiger partial charge in [0.1, 0.15) is 11.8 Å². The molecule has 1 unspecified atom stereocenters. The molecule has 166 valence electrons. The molecule has 2 aliphatic heterocycles.